The van der Waals surface area contributed by atoms with E-state index in [1.165, 1.54) is 0 Å². The highest BCUT2D eigenvalue weighted by Gasteiger charge is 2.14. The van der Waals surface area contributed by atoms with E-state index in [2.05, 4.69) is 0 Å². The third kappa shape index (κ3) is 3.27. The number of carboxylic acid groups (broad SMARTS) is 1. The van der Waals surface area contributed by atoms with Gasteiger partial charge in [-0.25, -0.2) is 4.79 Å². The van der Waals surface area contributed by atoms with Gasteiger partial charge in [-0.1, -0.05) is 37.3 Å². The van der Waals surface area contributed by atoms with Crippen molar-refractivity contribution in [2.75, 3.05) is 19.8 Å². The topological polar surface area (TPSA) is 55.8 Å². The summed E-state index contributed by atoms with van der Waals surface area (Å²) < 4.78 is 11.0. The quantitative estimate of drug-likeness (QED) is 0.787. The molecule has 0 atom stereocenters. The molecular weight excluding hydrogens is 256 g/mol. The van der Waals surface area contributed by atoms with E-state index in [1.54, 1.807) is 12.1 Å². The number of carbonyl (C=O) groups is 1. The van der Waals surface area contributed by atoms with E-state index in [4.69, 9.17) is 9.47 Å². The first-order chi connectivity index (χ1) is 9.74. The van der Waals surface area contributed by atoms with Gasteiger partial charge < -0.3 is 14.6 Å². The Hall–Kier alpha value is -2.07. The van der Waals surface area contributed by atoms with Gasteiger partial charge in [-0.2, -0.15) is 0 Å². The summed E-state index contributed by atoms with van der Waals surface area (Å²) >= 11 is 0. The van der Waals surface area contributed by atoms with E-state index in [1.807, 2.05) is 31.2 Å². The molecule has 0 radical (unpaired) electrons. The summed E-state index contributed by atoms with van der Waals surface area (Å²) in [5.74, 6) is -0.573. The highest BCUT2D eigenvalue weighted by molar-refractivity contribution is 6.00. The molecule has 1 N–H and O–H groups in total. The molecule has 4 nitrogen and oxygen atoms in total. The molecule has 20 heavy (non-hydrogen) atoms. The number of aromatic carboxylic acids is 1. The predicted molar refractivity (Wildman–Crippen MR) is 77.5 cm³/mol. The Morgan fingerprint density at radius 2 is 1.90 bits per heavy atom. The van der Waals surface area contributed by atoms with E-state index in [9.17, 15) is 9.90 Å². The molecule has 0 unspecified atom stereocenters. The molecule has 0 amide bonds. The molecule has 0 aliphatic heterocycles. The molecule has 0 aromatic heterocycles. The van der Waals surface area contributed by atoms with Gasteiger partial charge in [0.15, 0.2) is 0 Å². The average molecular weight is 274 g/mol. The van der Waals surface area contributed by atoms with Gasteiger partial charge in [0.25, 0.3) is 0 Å². The average Bonchev–Trinajstić information content (AvgIpc) is 2.46. The molecule has 0 bridgehead atoms. The number of hydrogen-bond acceptors (Lipinski definition) is 3. The van der Waals surface area contributed by atoms with E-state index >= 15 is 0 Å². The largest absolute Gasteiger partial charge is 0.490 e. The lowest BCUT2D eigenvalue weighted by Crippen LogP contribution is -2.10. The van der Waals surface area contributed by atoms with Crippen LogP contribution < -0.4 is 4.74 Å². The van der Waals surface area contributed by atoms with Crippen LogP contribution in [0.25, 0.3) is 10.8 Å². The molecule has 0 heterocycles. The molecule has 0 fully saturated rings. The summed E-state index contributed by atoms with van der Waals surface area (Å²) in [6.07, 6.45) is 0.953. The van der Waals surface area contributed by atoms with Crippen molar-refractivity contribution >= 4 is 16.7 Å². The van der Waals surface area contributed by atoms with Crippen LogP contribution in [0.15, 0.2) is 36.4 Å². The molecule has 2 aromatic carbocycles. The van der Waals surface area contributed by atoms with Crippen LogP contribution in [0.2, 0.25) is 0 Å². The number of hydrogen-bond donors (Lipinski definition) is 1. The lowest BCUT2D eigenvalue weighted by Gasteiger charge is -2.12. The monoisotopic (exact) mass is 274 g/mol. The standard InChI is InChI=1S/C16H18O4/c1-2-9-19-10-11-20-15-13-6-4-3-5-12(13)7-8-14(15)16(17)18/h3-8H,2,9-11H2,1H3,(H,17,18). The molecule has 0 aliphatic carbocycles. The van der Waals surface area contributed by atoms with Crippen molar-refractivity contribution in [1.29, 1.82) is 0 Å². The summed E-state index contributed by atoms with van der Waals surface area (Å²) in [6.45, 7) is 3.52. The minimum Gasteiger partial charge on any atom is -0.490 e. The fraction of sp³-hybridized carbons (Fsp3) is 0.312. The Bertz CT molecular complexity index is 592. The van der Waals surface area contributed by atoms with Gasteiger partial charge in [-0.15, -0.1) is 0 Å². The fourth-order valence-electron chi connectivity index (χ4n) is 2.02. The van der Waals surface area contributed by atoms with Gasteiger partial charge in [0.05, 0.1) is 6.61 Å². The molecular formula is C16H18O4. The first kappa shape index (κ1) is 14.3. The second-order valence-electron chi connectivity index (χ2n) is 4.43. The van der Waals surface area contributed by atoms with Gasteiger partial charge in [-0.05, 0) is 17.9 Å². The number of ether oxygens (including phenoxy) is 2. The zero-order valence-electron chi connectivity index (χ0n) is 11.5. The van der Waals surface area contributed by atoms with Crippen LogP contribution in [0.4, 0.5) is 0 Å². The predicted octanol–water partition coefficient (Wildman–Crippen LogP) is 3.34. The molecule has 0 aliphatic rings. The van der Waals surface area contributed by atoms with Gasteiger partial charge >= 0.3 is 5.97 Å². The zero-order chi connectivity index (χ0) is 14.4. The first-order valence-electron chi connectivity index (χ1n) is 6.69. The van der Waals surface area contributed by atoms with Crippen LogP contribution >= 0.6 is 0 Å². The van der Waals surface area contributed by atoms with Gasteiger partial charge in [0.1, 0.15) is 17.9 Å². The molecule has 0 saturated heterocycles. The highest BCUT2D eigenvalue weighted by atomic mass is 16.5. The van der Waals surface area contributed by atoms with Crippen LogP contribution in [0.3, 0.4) is 0 Å². The summed E-state index contributed by atoms with van der Waals surface area (Å²) in [4.78, 5) is 11.3. The van der Waals surface area contributed by atoms with Crippen molar-refractivity contribution in [3.8, 4) is 5.75 Å². The van der Waals surface area contributed by atoms with Crippen molar-refractivity contribution in [2.24, 2.45) is 0 Å². The van der Waals surface area contributed by atoms with Crippen molar-refractivity contribution in [2.45, 2.75) is 13.3 Å². The van der Waals surface area contributed by atoms with Crippen molar-refractivity contribution in [3.63, 3.8) is 0 Å². The third-order valence-electron chi connectivity index (χ3n) is 2.93. The minimum atomic E-state index is -0.986. The van der Waals surface area contributed by atoms with Crippen LogP contribution in [-0.2, 0) is 4.74 Å². The van der Waals surface area contributed by atoms with Gasteiger partial charge in [-0.3, -0.25) is 0 Å². The van der Waals surface area contributed by atoms with E-state index in [0.717, 1.165) is 17.2 Å². The maximum Gasteiger partial charge on any atom is 0.339 e. The number of rotatable bonds is 7. The second kappa shape index (κ2) is 6.91. The van der Waals surface area contributed by atoms with Gasteiger partial charge in [0.2, 0.25) is 0 Å². The Labute approximate surface area is 117 Å². The van der Waals surface area contributed by atoms with Crippen LogP contribution in [-0.4, -0.2) is 30.9 Å². The third-order valence-corrected chi connectivity index (χ3v) is 2.93. The normalized spacial score (nSPS) is 10.7. The van der Waals surface area contributed by atoms with Crippen molar-refractivity contribution in [3.05, 3.63) is 42.0 Å². The zero-order valence-corrected chi connectivity index (χ0v) is 11.5. The van der Waals surface area contributed by atoms with Crippen molar-refractivity contribution in [1.82, 2.24) is 0 Å². The Balaban J connectivity index is 2.23. The number of benzene rings is 2. The summed E-state index contributed by atoms with van der Waals surface area (Å²) in [7, 11) is 0. The minimum absolute atomic E-state index is 0.180. The van der Waals surface area contributed by atoms with Crippen LogP contribution in [0.5, 0.6) is 5.75 Å². The number of fused-ring (bicyclic) bond motifs is 1. The van der Waals surface area contributed by atoms with Gasteiger partial charge in [0, 0.05) is 12.0 Å². The maximum absolute atomic E-state index is 11.3. The molecule has 0 saturated carbocycles. The first-order valence-corrected chi connectivity index (χ1v) is 6.69. The molecule has 4 heteroatoms. The summed E-state index contributed by atoms with van der Waals surface area (Å²) in [6, 6.07) is 10.9. The lowest BCUT2D eigenvalue weighted by molar-refractivity contribution is 0.0686. The Morgan fingerprint density at radius 3 is 2.65 bits per heavy atom. The summed E-state index contributed by atoms with van der Waals surface area (Å²) in [5, 5.41) is 11.0. The maximum atomic E-state index is 11.3. The SMILES string of the molecule is CCCOCCOc1c(C(=O)O)ccc2ccccc12. The van der Waals surface area contributed by atoms with Crippen molar-refractivity contribution < 1.29 is 19.4 Å². The molecule has 106 valence electrons. The number of carboxylic acids is 1. The molecule has 2 rings (SSSR count). The summed E-state index contributed by atoms with van der Waals surface area (Å²) in [5.41, 5.74) is 0.180. The fourth-order valence-corrected chi connectivity index (χ4v) is 2.02. The highest BCUT2D eigenvalue weighted by Crippen LogP contribution is 2.29. The molecule has 2 aromatic rings. The Kier molecular flexibility index (Phi) is 4.96. The smallest absolute Gasteiger partial charge is 0.339 e. The van der Waals surface area contributed by atoms with E-state index in [0.29, 0.717) is 25.6 Å². The van der Waals surface area contributed by atoms with Crippen LogP contribution in [0.1, 0.15) is 23.7 Å². The lowest BCUT2D eigenvalue weighted by atomic mass is 10.1. The van der Waals surface area contributed by atoms with E-state index in [-0.39, 0.29) is 5.56 Å². The van der Waals surface area contributed by atoms with Crippen LogP contribution in [0, 0.1) is 0 Å². The second-order valence-corrected chi connectivity index (χ2v) is 4.43. The molecule has 0 spiro atoms. The van der Waals surface area contributed by atoms with E-state index < -0.39 is 5.97 Å². The Morgan fingerprint density at radius 1 is 1.10 bits per heavy atom.